The van der Waals surface area contributed by atoms with Crippen LogP contribution in [0.1, 0.15) is 19.8 Å². The van der Waals surface area contributed by atoms with Gasteiger partial charge >= 0.3 is 0 Å². The van der Waals surface area contributed by atoms with Crippen LogP contribution in [0, 0.1) is 5.92 Å². The summed E-state index contributed by atoms with van der Waals surface area (Å²) in [5.41, 5.74) is 2.38. The van der Waals surface area contributed by atoms with Gasteiger partial charge in [-0.1, -0.05) is 19.1 Å². The molecule has 0 saturated heterocycles. The van der Waals surface area contributed by atoms with Gasteiger partial charge in [0.05, 0.1) is 11.4 Å². The van der Waals surface area contributed by atoms with E-state index in [0.717, 1.165) is 13.0 Å². The molecule has 1 unspecified atom stereocenters. The molecule has 0 radical (unpaired) electrons. The number of anilines is 2. The Labute approximate surface area is 116 Å². The predicted molar refractivity (Wildman–Crippen MR) is 82.4 cm³/mol. The van der Waals surface area contributed by atoms with Crippen LogP contribution >= 0.6 is 0 Å². The summed E-state index contributed by atoms with van der Waals surface area (Å²) in [5.74, 6) is 0.473. The van der Waals surface area contributed by atoms with E-state index in [0.29, 0.717) is 5.92 Å². The summed E-state index contributed by atoms with van der Waals surface area (Å²) >= 11 is 0. The fourth-order valence-electron chi connectivity index (χ4n) is 2.68. The standard InChI is InChI=1S/C15H26N4/c1-12(9-10-16-2)11-15(19(3)4)17-13-7-5-6-8-14(13)18-15/h5-8,12,16-18H,9-11H2,1-4H3. The maximum atomic E-state index is 3.65. The second kappa shape index (κ2) is 5.80. The molecule has 19 heavy (non-hydrogen) atoms. The van der Waals surface area contributed by atoms with Gasteiger partial charge in [0.2, 0.25) is 0 Å². The number of fused-ring (bicyclic) bond motifs is 1. The van der Waals surface area contributed by atoms with Crippen molar-refractivity contribution in [2.75, 3.05) is 38.3 Å². The Morgan fingerprint density at radius 3 is 2.26 bits per heavy atom. The number of nitrogens with one attached hydrogen (secondary N) is 3. The lowest BCUT2D eigenvalue weighted by Gasteiger charge is -2.39. The first-order chi connectivity index (χ1) is 9.07. The topological polar surface area (TPSA) is 39.3 Å². The van der Waals surface area contributed by atoms with Crippen molar-refractivity contribution in [3.63, 3.8) is 0 Å². The highest BCUT2D eigenvalue weighted by atomic mass is 15.5. The molecule has 0 amide bonds. The Hall–Kier alpha value is -1.26. The maximum absolute atomic E-state index is 3.65. The molecule has 3 N–H and O–H groups in total. The molecule has 1 aromatic carbocycles. The lowest BCUT2D eigenvalue weighted by atomic mass is 9.98. The quantitative estimate of drug-likeness (QED) is 0.736. The molecule has 2 rings (SSSR count). The van der Waals surface area contributed by atoms with E-state index in [1.54, 1.807) is 0 Å². The SMILES string of the molecule is CNCCC(C)CC1(N(C)C)Nc2ccccc2N1. The summed E-state index contributed by atoms with van der Waals surface area (Å²) in [5, 5.41) is 10.5. The third-order valence-electron chi connectivity index (χ3n) is 3.90. The highest BCUT2D eigenvalue weighted by Gasteiger charge is 2.39. The van der Waals surface area contributed by atoms with Crippen molar-refractivity contribution in [3.8, 4) is 0 Å². The van der Waals surface area contributed by atoms with E-state index < -0.39 is 0 Å². The number of para-hydroxylation sites is 2. The van der Waals surface area contributed by atoms with Crippen LogP contribution < -0.4 is 16.0 Å². The van der Waals surface area contributed by atoms with Crippen LogP contribution in [0.25, 0.3) is 0 Å². The average molecular weight is 262 g/mol. The Bertz CT molecular complexity index is 391. The smallest absolute Gasteiger partial charge is 0.166 e. The lowest BCUT2D eigenvalue weighted by molar-refractivity contribution is 0.180. The van der Waals surface area contributed by atoms with Gasteiger partial charge in [-0.2, -0.15) is 0 Å². The van der Waals surface area contributed by atoms with E-state index in [2.05, 4.69) is 66.1 Å². The van der Waals surface area contributed by atoms with E-state index in [1.807, 2.05) is 7.05 Å². The zero-order chi connectivity index (χ0) is 13.9. The van der Waals surface area contributed by atoms with E-state index >= 15 is 0 Å². The van der Waals surface area contributed by atoms with Crippen molar-refractivity contribution in [1.29, 1.82) is 0 Å². The summed E-state index contributed by atoms with van der Waals surface area (Å²) in [6.07, 6.45) is 2.25. The zero-order valence-electron chi connectivity index (χ0n) is 12.5. The fourth-order valence-corrected chi connectivity index (χ4v) is 2.68. The van der Waals surface area contributed by atoms with Crippen LogP contribution in [0.3, 0.4) is 0 Å². The van der Waals surface area contributed by atoms with Crippen LogP contribution in [-0.2, 0) is 0 Å². The number of hydrogen-bond acceptors (Lipinski definition) is 4. The molecule has 0 aromatic heterocycles. The molecule has 4 nitrogen and oxygen atoms in total. The Balaban J connectivity index is 2.09. The monoisotopic (exact) mass is 262 g/mol. The molecule has 0 fully saturated rings. The Morgan fingerprint density at radius 1 is 1.21 bits per heavy atom. The first-order valence-corrected chi connectivity index (χ1v) is 7.05. The number of benzene rings is 1. The van der Waals surface area contributed by atoms with Crippen molar-refractivity contribution in [1.82, 2.24) is 10.2 Å². The highest BCUT2D eigenvalue weighted by molar-refractivity contribution is 5.75. The van der Waals surface area contributed by atoms with Crippen molar-refractivity contribution in [2.45, 2.75) is 25.6 Å². The van der Waals surface area contributed by atoms with Gasteiger partial charge in [0.1, 0.15) is 0 Å². The predicted octanol–water partition coefficient (Wildman–Crippen LogP) is 2.38. The van der Waals surface area contributed by atoms with Gasteiger partial charge in [-0.3, -0.25) is 4.90 Å². The van der Waals surface area contributed by atoms with E-state index in [-0.39, 0.29) is 5.79 Å². The molecule has 1 atom stereocenters. The van der Waals surface area contributed by atoms with Crippen molar-refractivity contribution >= 4 is 11.4 Å². The molecule has 1 aromatic rings. The molecule has 0 spiro atoms. The second-order valence-corrected chi connectivity index (χ2v) is 5.75. The normalized spacial score (nSPS) is 17.7. The highest BCUT2D eigenvalue weighted by Crippen LogP contribution is 2.38. The van der Waals surface area contributed by atoms with Gasteiger partial charge in [0.15, 0.2) is 5.79 Å². The molecule has 0 aliphatic carbocycles. The Kier molecular flexibility index (Phi) is 4.32. The minimum absolute atomic E-state index is 0.170. The summed E-state index contributed by atoms with van der Waals surface area (Å²) in [6.45, 7) is 3.38. The van der Waals surface area contributed by atoms with Gasteiger partial charge in [-0.25, -0.2) is 0 Å². The van der Waals surface area contributed by atoms with Crippen LogP contribution in [0.15, 0.2) is 24.3 Å². The van der Waals surface area contributed by atoms with Gasteiger partial charge in [0.25, 0.3) is 0 Å². The first-order valence-electron chi connectivity index (χ1n) is 7.05. The molecular weight excluding hydrogens is 236 g/mol. The second-order valence-electron chi connectivity index (χ2n) is 5.75. The van der Waals surface area contributed by atoms with Crippen molar-refractivity contribution in [2.24, 2.45) is 5.92 Å². The largest absolute Gasteiger partial charge is 0.349 e. The number of nitrogens with zero attached hydrogens (tertiary/aromatic N) is 1. The summed E-state index contributed by atoms with van der Waals surface area (Å²) in [4.78, 5) is 2.24. The molecule has 1 heterocycles. The van der Waals surface area contributed by atoms with Crippen molar-refractivity contribution < 1.29 is 0 Å². The summed E-state index contributed by atoms with van der Waals surface area (Å²) < 4.78 is 0. The first kappa shape index (κ1) is 14.2. The summed E-state index contributed by atoms with van der Waals surface area (Å²) in [6, 6.07) is 8.41. The molecule has 1 aliphatic rings. The number of hydrogen-bond donors (Lipinski definition) is 3. The third-order valence-corrected chi connectivity index (χ3v) is 3.90. The molecule has 1 aliphatic heterocycles. The van der Waals surface area contributed by atoms with Crippen LogP contribution in [0.4, 0.5) is 11.4 Å². The van der Waals surface area contributed by atoms with Gasteiger partial charge < -0.3 is 16.0 Å². The van der Waals surface area contributed by atoms with Crippen LogP contribution in [-0.4, -0.2) is 38.4 Å². The van der Waals surface area contributed by atoms with Gasteiger partial charge in [0, 0.05) is 6.42 Å². The van der Waals surface area contributed by atoms with E-state index in [9.17, 15) is 0 Å². The van der Waals surface area contributed by atoms with Crippen molar-refractivity contribution in [3.05, 3.63) is 24.3 Å². The third kappa shape index (κ3) is 3.01. The average Bonchev–Trinajstić information content (AvgIpc) is 2.75. The minimum atomic E-state index is -0.170. The van der Waals surface area contributed by atoms with E-state index in [4.69, 9.17) is 0 Å². The number of rotatable bonds is 6. The molecule has 0 saturated carbocycles. The molecule has 4 heteroatoms. The maximum Gasteiger partial charge on any atom is 0.166 e. The van der Waals surface area contributed by atoms with E-state index in [1.165, 1.54) is 17.8 Å². The Morgan fingerprint density at radius 2 is 1.79 bits per heavy atom. The van der Waals surface area contributed by atoms with Crippen LogP contribution in [0.2, 0.25) is 0 Å². The zero-order valence-corrected chi connectivity index (χ0v) is 12.5. The van der Waals surface area contributed by atoms with Crippen LogP contribution in [0.5, 0.6) is 0 Å². The minimum Gasteiger partial charge on any atom is -0.349 e. The lowest BCUT2D eigenvalue weighted by Crippen LogP contribution is -2.55. The van der Waals surface area contributed by atoms with Gasteiger partial charge in [-0.15, -0.1) is 0 Å². The molecule has 106 valence electrons. The summed E-state index contributed by atoms with van der Waals surface area (Å²) in [7, 11) is 6.25. The van der Waals surface area contributed by atoms with Gasteiger partial charge in [-0.05, 0) is 52.2 Å². The molecule has 0 bridgehead atoms. The molecular formula is C15H26N4. The fraction of sp³-hybridized carbons (Fsp3) is 0.600.